The highest BCUT2D eigenvalue weighted by atomic mass is 32.2. The van der Waals surface area contributed by atoms with Crippen LogP contribution in [0.4, 0.5) is 0 Å². The van der Waals surface area contributed by atoms with Crippen molar-refractivity contribution in [2.75, 3.05) is 13.3 Å². The summed E-state index contributed by atoms with van der Waals surface area (Å²) in [5, 5.41) is 3.39. The lowest BCUT2D eigenvalue weighted by atomic mass is 9.82. The average Bonchev–Trinajstić information content (AvgIpc) is 2.79. The second-order valence-electron chi connectivity index (χ2n) is 5.73. The number of hydrogen-bond acceptors (Lipinski definition) is 5. The Morgan fingerprint density at radius 2 is 1.72 bits per heavy atom. The van der Waals surface area contributed by atoms with Gasteiger partial charge in [0.15, 0.2) is 10.7 Å². The van der Waals surface area contributed by atoms with Gasteiger partial charge in [0.1, 0.15) is 5.75 Å². The molecule has 3 rings (SSSR count). The molecule has 130 valence electrons. The van der Waals surface area contributed by atoms with Crippen LogP contribution in [0.3, 0.4) is 0 Å². The van der Waals surface area contributed by atoms with E-state index in [0.29, 0.717) is 16.2 Å². The summed E-state index contributed by atoms with van der Waals surface area (Å²) < 4.78 is 27.8. The van der Waals surface area contributed by atoms with Crippen molar-refractivity contribution < 1.29 is 17.4 Å². The standard InChI is InChI=1S/C17H16N2O4S2/c1-19-15(20)17(18-16(19)24,12-7-4-3-5-8-12)13-9-6-10-14(11-13)23-25(2,21)22/h3-11H,1-2H3,(H,18,24). The van der Waals surface area contributed by atoms with Crippen molar-refractivity contribution in [2.24, 2.45) is 0 Å². The molecule has 1 unspecified atom stereocenters. The van der Waals surface area contributed by atoms with Crippen molar-refractivity contribution in [2.45, 2.75) is 5.54 Å². The van der Waals surface area contributed by atoms with Crippen molar-refractivity contribution >= 4 is 33.4 Å². The fourth-order valence-electron chi connectivity index (χ4n) is 2.84. The van der Waals surface area contributed by atoms with Crippen molar-refractivity contribution in [1.82, 2.24) is 10.2 Å². The van der Waals surface area contributed by atoms with Gasteiger partial charge in [0.25, 0.3) is 5.91 Å². The van der Waals surface area contributed by atoms with E-state index in [0.717, 1.165) is 6.26 Å². The zero-order valence-corrected chi connectivity index (χ0v) is 15.2. The first-order valence-electron chi connectivity index (χ1n) is 7.40. The first-order chi connectivity index (χ1) is 11.7. The van der Waals surface area contributed by atoms with Crippen molar-refractivity contribution in [3.63, 3.8) is 0 Å². The van der Waals surface area contributed by atoms with Crippen LogP contribution >= 0.6 is 12.2 Å². The van der Waals surface area contributed by atoms with E-state index in [9.17, 15) is 13.2 Å². The smallest absolute Gasteiger partial charge is 0.306 e. The molecule has 0 aromatic heterocycles. The van der Waals surface area contributed by atoms with E-state index in [1.165, 1.54) is 17.0 Å². The van der Waals surface area contributed by atoms with E-state index in [-0.39, 0.29) is 11.7 Å². The van der Waals surface area contributed by atoms with Gasteiger partial charge in [0.05, 0.1) is 6.26 Å². The van der Waals surface area contributed by atoms with Gasteiger partial charge in [-0.05, 0) is 35.5 Å². The summed E-state index contributed by atoms with van der Waals surface area (Å²) in [5.41, 5.74) is 0.00371. The van der Waals surface area contributed by atoms with Crippen LogP contribution in [0.1, 0.15) is 11.1 Å². The normalized spacial score (nSPS) is 20.5. The first kappa shape index (κ1) is 17.4. The van der Waals surface area contributed by atoms with Crippen LogP contribution in [0.2, 0.25) is 0 Å². The zero-order chi connectivity index (χ0) is 18.2. The highest BCUT2D eigenvalue weighted by molar-refractivity contribution is 7.86. The molecule has 2 aromatic rings. The minimum Gasteiger partial charge on any atom is -0.383 e. The Morgan fingerprint density at radius 3 is 2.28 bits per heavy atom. The Labute approximate surface area is 151 Å². The van der Waals surface area contributed by atoms with E-state index < -0.39 is 15.7 Å². The molecule has 25 heavy (non-hydrogen) atoms. The number of benzene rings is 2. The molecule has 6 nitrogen and oxygen atoms in total. The predicted octanol–water partition coefficient (Wildman–Crippen LogP) is 1.62. The van der Waals surface area contributed by atoms with Crippen molar-refractivity contribution in [1.29, 1.82) is 0 Å². The quantitative estimate of drug-likeness (QED) is 0.646. The summed E-state index contributed by atoms with van der Waals surface area (Å²) in [6, 6.07) is 15.5. The third kappa shape index (κ3) is 3.10. The Bertz CT molecular complexity index is 944. The van der Waals surface area contributed by atoms with Crippen LogP contribution in [0.5, 0.6) is 5.75 Å². The van der Waals surface area contributed by atoms with Gasteiger partial charge >= 0.3 is 10.1 Å². The monoisotopic (exact) mass is 376 g/mol. The van der Waals surface area contributed by atoms with E-state index in [2.05, 4.69) is 5.32 Å². The van der Waals surface area contributed by atoms with Crippen LogP contribution in [0.15, 0.2) is 54.6 Å². The molecule has 1 aliphatic heterocycles. The van der Waals surface area contributed by atoms with Crippen molar-refractivity contribution in [3.8, 4) is 5.75 Å². The van der Waals surface area contributed by atoms with Gasteiger partial charge in [0, 0.05) is 7.05 Å². The summed E-state index contributed by atoms with van der Waals surface area (Å²) in [4.78, 5) is 14.4. The molecule has 1 amide bonds. The fraction of sp³-hybridized carbons (Fsp3) is 0.176. The molecular formula is C17H16N2O4S2. The SMILES string of the molecule is CN1C(=O)C(c2ccccc2)(c2cccc(OS(C)(=O)=O)c2)NC1=S. The lowest BCUT2D eigenvalue weighted by molar-refractivity contribution is -0.129. The summed E-state index contributed by atoms with van der Waals surface area (Å²) >= 11 is 5.26. The zero-order valence-electron chi connectivity index (χ0n) is 13.6. The van der Waals surface area contributed by atoms with Gasteiger partial charge in [-0.2, -0.15) is 8.42 Å². The Balaban J connectivity index is 2.19. The van der Waals surface area contributed by atoms with E-state index in [4.69, 9.17) is 16.4 Å². The van der Waals surface area contributed by atoms with Gasteiger partial charge in [-0.3, -0.25) is 9.69 Å². The van der Waals surface area contributed by atoms with Gasteiger partial charge in [0.2, 0.25) is 0 Å². The maximum Gasteiger partial charge on any atom is 0.306 e. The Morgan fingerprint density at radius 1 is 1.08 bits per heavy atom. The second kappa shape index (κ2) is 6.12. The molecule has 0 radical (unpaired) electrons. The fourth-order valence-corrected chi connectivity index (χ4v) is 3.53. The van der Waals surface area contributed by atoms with Crippen LogP contribution in [0.25, 0.3) is 0 Å². The summed E-state index contributed by atoms with van der Waals surface area (Å²) in [6.45, 7) is 0. The van der Waals surface area contributed by atoms with Gasteiger partial charge < -0.3 is 9.50 Å². The van der Waals surface area contributed by atoms with Crippen LogP contribution in [-0.2, 0) is 20.5 Å². The van der Waals surface area contributed by atoms with Gasteiger partial charge in [-0.1, -0.05) is 42.5 Å². The molecular weight excluding hydrogens is 360 g/mol. The minimum atomic E-state index is -3.68. The number of carbonyl (C=O) groups excluding carboxylic acids is 1. The maximum atomic E-state index is 13.1. The molecule has 2 aromatic carbocycles. The second-order valence-corrected chi connectivity index (χ2v) is 7.69. The minimum absolute atomic E-state index is 0.130. The molecule has 1 heterocycles. The molecule has 0 aliphatic carbocycles. The van der Waals surface area contributed by atoms with Crippen molar-refractivity contribution in [3.05, 3.63) is 65.7 Å². The summed E-state index contributed by atoms with van der Waals surface area (Å²) in [6.07, 6.45) is 0.967. The molecule has 1 aliphatic rings. The molecule has 0 saturated carbocycles. The van der Waals surface area contributed by atoms with Crippen LogP contribution in [0, 0.1) is 0 Å². The number of likely N-dealkylation sites (N-methyl/N-ethyl adjacent to an activating group) is 1. The van der Waals surface area contributed by atoms with Crippen LogP contribution in [-0.4, -0.2) is 37.6 Å². The summed E-state index contributed by atoms with van der Waals surface area (Å²) in [5.74, 6) is -0.120. The highest BCUT2D eigenvalue weighted by Crippen LogP contribution is 2.37. The predicted molar refractivity (Wildman–Crippen MR) is 97.6 cm³/mol. The van der Waals surface area contributed by atoms with Gasteiger partial charge in [-0.15, -0.1) is 0 Å². The highest BCUT2D eigenvalue weighted by Gasteiger charge is 2.50. The number of rotatable bonds is 4. The largest absolute Gasteiger partial charge is 0.383 e. The molecule has 0 bridgehead atoms. The molecule has 1 saturated heterocycles. The molecule has 1 fully saturated rings. The average molecular weight is 376 g/mol. The number of thiocarbonyl (C=S) groups is 1. The first-order valence-corrected chi connectivity index (χ1v) is 9.62. The number of nitrogens with one attached hydrogen (secondary N) is 1. The molecule has 1 atom stereocenters. The summed E-state index contributed by atoms with van der Waals surface area (Å²) in [7, 11) is -2.08. The molecule has 8 heteroatoms. The molecule has 1 N–H and O–H groups in total. The van der Waals surface area contributed by atoms with Crippen LogP contribution < -0.4 is 9.50 Å². The number of carbonyl (C=O) groups is 1. The lowest BCUT2D eigenvalue weighted by Gasteiger charge is -2.28. The number of nitrogens with zero attached hydrogens (tertiary/aromatic N) is 1. The molecule has 0 spiro atoms. The van der Waals surface area contributed by atoms with Gasteiger partial charge in [-0.25, -0.2) is 0 Å². The maximum absolute atomic E-state index is 13.1. The lowest BCUT2D eigenvalue weighted by Crippen LogP contribution is -2.44. The number of amides is 1. The third-order valence-corrected chi connectivity index (χ3v) is 4.82. The Hall–Kier alpha value is -2.45. The topological polar surface area (TPSA) is 75.7 Å². The third-order valence-electron chi connectivity index (χ3n) is 3.95. The van der Waals surface area contributed by atoms with E-state index in [1.54, 1.807) is 19.2 Å². The van der Waals surface area contributed by atoms with E-state index >= 15 is 0 Å². The Kier molecular flexibility index (Phi) is 4.26. The number of hydrogen-bond donors (Lipinski definition) is 1. The van der Waals surface area contributed by atoms with E-state index in [1.807, 2.05) is 30.3 Å².